The van der Waals surface area contributed by atoms with Crippen LogP contribution in [0.15, 0.2) is 139 Å². The van der Waals surface area contributed by atoms with Crippen LogP contribution in [0.25, 0.3) is 0 Å². The molecule has 0 radical (unpaired) electrons. The number of nitrogens with zero attached hydrogens (tertiary/aromatic N) is 15. The van der Waals surface area contributed by atoms with E-state index in [0.717, 1.165) is 98.6 Å². The molecule has 40 heteroatoms. The Morgan fingerprint density at radius 3 is 0.786 bits per heavy atom. The van der Waals surface area contributed by atoms with Gasteiger partial charge in [0, 0.05) is 130 Å². The second-order valence-electron chi connectivity index (χ2n) is 26.3. The molecule has 2 unspecified atom stereocenters. The van der Waals surface area contributed by atoms with Crippen molar-refractivity contribution in [2.75, 3.05) is 91.6 Å². The molecule has 0 aromatic carbocycles. The number of rotatable bonds is 15. The van der Waals surface area contributed by atoms with Gasteiger partial charge in [-0.1, -0.05) is 49.0 Å². The molecule has 6 saturated heterocycles. The van der Waals surface area contributed by atoms with E-state index < -0.39 is 69.3 Å². The molecule has 0 spiro atoms. The topological polar surface area (TPSA) is 430 Å². The lowest BCUT2D eigenvalue weighted by molar-refractivity contribution is 0.321. The van der Waals surface area contributed by atoms with E-state index in [4.69, 9.17) is 53.1 Å². The summed E-state index contributed by atoms with van der Waals surface area (Å²) in [7, 11) is -6.12. The standard InChI is InChI=1S/2C11H13N3O2S.C10H14N2O2S.3C6H6ClNO2S.2C6H15N.2C5H8N2.C4H9N.CH4.ClH/c2*1-9-4-5-11(8-13-9)17(15,16)14-6-2-3-10(14)7-12;1-9-4-5-10(8-11-9)15(13,14)12-6-2-3-7-12;3*1-5-2-3-6(4-8-5)11(7,9)10;2*1-4-7(5-2)6-3;2*6-4-5-2-1-3-7-5;1-2-4-5-3-1;;/h2*4-5,8,10H,2-3,6H2,1H3;4-5,8H,2-3,6-7H2,1H3;3*2-4H,1H3;2*4-6H2,1-3H3;2*5,7H,1-3H2;5H,1-4H2;1H4;1H/t10-;;;;;;;;5-;;;;/m0.......0..../s1. The number of aromatic nitrogens is 6. The summed E-state index contributed by atoms with van der Waals surface area (Å²) in [5.74, 6) is 0. The van der Waals surface area contributed by atoms with Gasteiger partial charge in [-0.25, -0.2) is 50.5 Å². The first-order valence-corrected chi connectivity index (χ1v) is 49.2. The van der Waals surface area contributed by atoms with Gasteiger partial charge in [0.05, 0.1) is 36.4 Å². The fraction of sp³-hybridized carbons (Fsp3) is 0.558. The number of sulfonamides is 3. The second-order valence-corrected chi connectivity index (χ2v) is 39.7. The number of halogens is 4. The van der Waals surface area contributed by atoms with Crippen molar-refractivity contribution in [3.63, 3.8) is 0 Å². The Morgan fingerprint density at radius 1 is 0.359 bits per heavy atom. The maximum Gasteiger partial charge on any atom is 0.262 e. The Hall–Kier alpha value is -6.60. The lowest BCUT2D eigenvalue weighted by Gasteiger charge is -2.18. The van der Waals surface area contributed by atoms with Crippen LogP contribution in [0.2, 0.25) is 0 Å². The zero-order chi connectivity index (χ0) is 86.4. The highest BCUT2D eigenvalue weighted by molar-refractivity contribution is 8.14. The predicted molar refractivity (Wildman–Crippen MR) is 462 cm³/mol. The average molecular weight is 1820 g/mol. The Morgan fingerprint density at radius 2 is 0.615 bits per heavy atom. The van der Waals surface area contributed by atoms with E-state index in [-0.39, 0.29) is 56.4 Å². The van der Waals surface area contributed by atoms with Crippen LogP contribution >= 0.6 is 44.5 Å². The molecule has 30 nitrogen and oxygen atoms in total. The van der Waals surface area contributed by atoms with Gasteiger partial charge in [-0.05, 0) is 257 Å². The van der Waals surface area contributed by atoms with E-state index in [2.05, 4.69) is 109 Å². The van der Waals surface area contributed by atoms with Crippen molar-refractivity contribution in [3.8, 4) is 24.3 Å². The molecule has 0 saturated carbocycles. The highest BCUT2D eigenvalue weighted by atomic mass is 35.7. The van der Waals surface area contributed by atoms with Gasteiger partial charge in [-0.15, -0.1) is 12.4 Å². The van der Waals surface area contributed by atoms with Gasteiger partial charge in [0.1, 0.15) is 41.5 Å². The van der Waals surface area contributed by atoms with Crippen LogP contribution in [-0.4, -0.2) is 219 Å². The molecule has 0 amide bonds. The minimum Gasteiger partial charge on any atom is -0.317 e. The largest absolute Gasteiger partial charge is 0.317 e. The van der Waals surface area contributed by atoms with Crippen LogP contribution in [0, 0.1) is 86.9 Å². The van der Waals surface area contributed by atoms with E-state index in [1.165, 1.54) is 146 Å². The first-order chi connectivity index (χ1) is 54.3. The minimum absolute atomic E-state index is 0. The van der Waals surface area contributed by atoms with Crippen molar-refractivity contribution in [1.29, 1.82) is 21.0 Å². The molecule has 0 bridgehead atoms. The van der Waals surface area contributed by atoms with Crippen LogP contribution in [0.3, 0.4) is 0 Å². The number of aryl methyl sites for hydroxylation is 6. The maximum absolute atomic E-state index is 12.2. The Kier molecular flexibility index (Phi) is 54.3. The van der Waals surface area contributed by atoms with Crippen LogP contribution in [-0.2, 0) is 57.2 Å². The monoisotopic (exact) mass is 1820 g/mol. The van der Waals surface area contributed by atoms with Gasteiger partial charge in [0.25, 0.3) is 27.2 Å². The SMILES string of the molecule is C.C1CCNC1.CCN(CC)CC.CCN(CC)CC.Cc1ccc(S(=O)(=O)Cl)cn1.Cc1ccc(S(=O)(=O)Cl)cn1.Cc1ccc(S(=O)(=O)Cl)cn1.Cc1ccc(S(=O)(=O)N2CCCC2)cn1.Cc1ccc(S(=O)(=O)N2CCCC2C#N)cn1.Cc1ccc(S(=O)(=O)N2CCC[C@H]2C#N)cn1.Cl.N#CC1CCCN1.N#C[C@@H]1CCCN1. The molecule has 6 aromatic heterocycles. The summed E-state index contributed by atoms with van der Waals surface area (Å²) >= 11 is 0. The molecular formula is C77H118Cl4N18O12S6. The number of pyridine rings is 6. The van der Waals surface area contributed by atoms with Gasteiger partial charge < -0.3 is 25.8 Å². The molecule has 652 valence electrons. The summed E-state index contributed by atoms with van der Waals surface area (Å²) in [5, 5.41) is 43.7. The summed E-state index contributed by atoms with van der Waals surface area (Å²) in [6.45, 7) is 37.6. The van der Waals surface area contributed by atoms with Crippen molar-refractivity contribution in [1.82, 2.24) is 68.6 Å². The Balaban J connectivity index is 0.00000129. The van der Waals surface area contributed by atoms with Gasteiger partial charge in [-0.3, -0.25) is 29.9 Å². The number of nitrogens with one attached hydrogen (secondary N) is 3. The van der Waals surface area contributed by atoms with Crippen molar-refractivity contribution in [2.24, 2.45) is 0 Å². The minimum atomic E-state index is -3.61. The number of nitriles is 4. The summed E-state index contributed by atoms with van der Waals surface area (Å²) in [6.07, 6.45) is 19.6. The predicted octanol–water partition coefficient (Wildman–Crippen LogP) is 11.9. The first-order valence-electron chi connectivity index (χ1n) is 37.9. The fourth-order valence-corrected chi connectivity index (χ4v) is 17.5. The molecule has 6 aromatic rings. The van der Waals surface area contributed by atoms with Crippen LogP contribution in [0.4, 0.5) is 0 Å². The van der Waals surface area contributed by atoms with Crippen LogP contribution in [0.5, 0.6) is 0 Å². The number of hydrogen-bond donors (Lipinski definition) is 3. The van der Waals surface area contributed by atoms with Gasteiger partial charge in [0.2, 0.25) is 30.1 Å². The van der Waals surface area contributed by atoms with Gasteiger partial charge >= 0.3 is 0 Å². The molecular weight excluding hydrogens is 1700 g/mol. The van der Waals surface area contributed by atoms with Crippen molar-refractivity contribution in [3.05, 3.63) is 144 Å². The molecule has 12 rings (SSSR count). The molecule has 3 N–H and O–H groups in total. The highest BCUT2D eigenvalue weighted by Crippen LogP contribution is 2.27. The molecule has 6 aliphatic heterocycles. The van der Waals surface area contributed by atoms with Crippen molar-refractivity contribution in [2.45, 2.75) is 221 Å². The summed E-state index contributed by atoms with van der Waals surface area (Å²) < 4.78 is 141. The third-order valence-electron chi connectivity index (χ3n) is 17.8. The zero-order valence-electron chi connectivity index (χ0n) is 68.2. The molecule has 4 atom stereocenters. The summed E-state index contributed by atoms with van der Waals surface area (Å²) in [4.78, 5) is 28.8. The summed E-state index contributed by atoms with van der Waals surface area (Å²) in [5.41, 5.74) is 4.64. The molecule has 117 heavy (non-hydrogen) atoms. The highest BCUT2D eigenvalue weighted by Gasteiger charge is 2.37. The second kappa shape index (κ2) is 57.6. The molecule has 6 fully saturated rings. The zero-order valence-corrected chi connectivity index (χ0v) is 76.2. The summed E-state index contributed by atoms with van der Waals surface area (Å²) in [6, 6.07) is 26.4. The Labute approximate surface area is 717 Å². The van der Waals surface area contributed by atoms with Crippen molar-refractivity contribution >= 4 is 102 Å². The van der Waals surface area contributed by atoms with E-state index in [9.17, 15) is 50.5 Å². The third kappa shape index (κ3) is 42.0. The quantitative estimate of drug-likeness (QED) is 0.0804. The normalized spacial score (nSPS) is 17.6. The first kappa shape index (κ1) is 110. The average Bonchev–Trinajstić information content (AvgIpc) is 1.72. The molecule has 12 heterocycles. The van der Waals surface area contributed by atoms with Crippen LogP contribution < -0.4 is 16.0 Å². The maximum atomic E-state index is 12.2. The lowest BCUT2D eigenvalue weighted by Crippen LogP contribution is -2.34. The van der Waals surface area contributed by atoms with Gasteiger partial charge in [0.15, 0.2) is 0 Å². The van der Waals surface area contributed by atoms with E-state index in [0.29, 0.717) is 43.9 Å². The fourth-order valence-electron chi connectivity index (χ4n) is 10.8. The smallest absolute Gasteiger partial charge is 0.262 e. The van der Waals surface area contributed by atoms with E-state index in [1.807, 2.05) is 19.1 Å². The van der Waals surface area contributed by atoms with E-state index in [1.54, 1.807) is 77.1 Å². The van der Waals surface area contributed by atoms with Crippen LogP contribution in [0.1, 0.15) is 160 Å². The molecule has 6 aliphatic rings. The van der Waals surface area contributed by atoms with Gasteiger partial charge in [-0.2, -0.15) is 34.0 Å². The van der Waals surface area contributed by atoms with E-state index >= 15 is 0 Å². The number of hydrogen-bond acceptors (Lipinski definition) is 27. The third-order valence-corrected chi connectivity index (χ3v) is 27.5. The van der Waals surface area contributed by atoms with Crippen molar-refractivity contribution < 1.29 is 50.5 Å². The Bertz CT molecular complexity index is 4370. The molecule has 0 aliphatic carbocycles. The lowest BCUT2D eigenvalue weighted by atomic mass is 10.2.